The molecule has 0 unspecified atom stereocenters. The van der Waals surface area contributed by atoms with E-state index in [1.807, 2.05) is 24.5 Å². The minimum absolute atomic E-state index is 0.862. The number of nitrogens with zero attached hydrogens (tertiary/aromatic N) is 2. The number of aromatic nitrogens is 2. The van der Waals surface area contributed by atoms with E-state index in [1.165, 1.54) is 10.4 Å². The molecule has 0 spiro atoms. The lowest BCUT2D eigenvalue weighted by Gasteiger charge is -2.08. The van der Waals surface area contributed by atoms with Crippen molar-refractivity contribution in [2.45, 2.75) is 13.5 Å². The molecule has 0 aliphatic heterocycles. The number of hydrogen-bond donors (Lipinski definition) is 1. The Kier molecular flexibility index (Phi) is 2.57. The van der Waals surface area contributed by atoms with Crippen molar-refractivity contribution in [3.63, 3.8) is 0 Å². The molecule has 0 saturated heterocycles. The van der Waals surface area contributed by atoms with E-state index >= 15 is 0 Å². The van der Waals surface area contributed by atoms with Gasteiger partial charge in [0.25, 0.3) is 0 Å². The molecule has 0 fully saturated rings. The van der Waals surface area contributed by atoms with Crippen LogP contribution < -0.4 is 5.32 Å². The number of thiophene rings is 1. The van der Waals surface area contributed by atoms with Gasteiger partial charge in [0.1, 0.15) is 11.5 Å². The monoisotopic (exact) mass is 243 g/mol. The Bertz CT molecular complexity index is 639. The second-order valence-corrected chi connectivity index (χ2v) is 4.95. The molecule has 0 atom stereocenters. The zero-order valence-corrected chi connectivity index (χ0v) is 10.4. The van der Waals surface area contributed by atoms with Crippen LogP contribution in [0.5, 0.6) is 0 Å². The average Bonchev–Trinajstić information content (AvgIpc) is 2.95. The number of anilines is 1. The van der Waals surface area contributed by atoms with Crippen molar-refractivity contribution >= 4 is 22.8 Å². The fraction of sp³-hybridized carbons (Fsp3) is 0.154. The highest BCUT2D eigenvalue weighted by Gasteiger charge is 2.02. The molecular weight excluding hydrogens is 230 g/mol. The van der Waals surface area contributed by atoms with E-state index < -0.39 is 0 Å². The quantitative estimate of drug-likeness (QED) is 0.764. The lowest BCUT2D eigenvalue weighted by molar-refractivity contribution is 1.08. The van der Waals surface area contributed by atoms with Crippen molar-refractivity contribution in [3.05, 3.63) is 52.5 Å². The van der Waals surface area contributed by atoms with Crippen LogP contribution in [0.2, 0.25) is 0 Å². The second-order valence-electron chi connectivity index (χ2n) is 3.95. The molecule has 1 N–H and O–H groups in total. The van der Waals surface area contributed by atoms with Gasteiger partial charge in [-0.25, -0.2) is 4.98 Å². The lowest BCUT2D eigenvalue weighted by atomic mass is 10.3. The maximum absolute atomic E-state index is 4.27. The lowest BCUT2D eigenvalue weighted by Crippen LogP contribution is -2.03. The summed E-state index contributed by atoms with van der Waals surface area (Å²) in [6.45, 7) is 3.01. The molecule has 3 rings (SSSR count). The minimum atomic E-state index is 0.862. The molecule has 3 aromatic heterocycles. The van der Waals surface area contributed by atoms with Crippen LogP contribution in [0.15, 0.2) is 42.0 Å². The molecule has 0 aliphatic rings. The zero-order valence-electron chi connectivity index (χ0n) is 9.55. The predicted octanol–water partition coefficient (Wildman–Crippen LogP) is 3.32. The maximum Gasteiger partial charge on any atom is 0.138 e. The van der Waals surface area contributed by atoms with Gasteiger partial charge in [0, 0.05) is 17.3 Å². The van der Waals surface area contributed by atoms with E-state index in [4.69, 9.17) is 0 Å². The Labute approximate surface area is 104 Å². The Morgan fingerprint density at radius 2 is 2.29 bits per heavy atom. The molecule has 0 aromatic carbocycles. The Morgan fingerprint density at radius 1 is 1.35 bits per heavy atom. The molecule has 86 valence electrons. The molecule has 0 bridgehead atoms. The van der Waals surface area contributed by atoms with Crippen molar-refractivity contribution in [2.24, 2.45) is 0 Å². The van der Waals surface area contributed by atoms with Crippen molar-refractivity contribution in [1.82, 2.24) is 9.38 Å². The molecule has 3 heterocycles. The van der Waals surface area contributed by atoms with Crippen molar-refractivity contribution in [1.29, 1.82) is 0 Å². The summed E-state index contributed by atoms with van der Waals surface area (Å²) in [5.74, 6) is 1.08. The topological polar surface area (TPSA) is 29.3 Å². The van der Waals surface area contributed by atoms with Gasteiger partial charge in [-0.05, 0) is 36.1 Å². The molecule has 4 heteroatoms. The predicted molar refractivity (Wildman–Crippen MR) is 71.6 cm³/mol. The third-order valence-electron chi connectivity index (χ3n) is 2.83. The van der Waals surface area contributed by atoms with Crippen LogP contribution in [-0.2, 0) is 6.54 Å². The van der Waals surface area contributed by atoms with E-state index in [2.05, 4.69) is 39.1 Å². The van der Waals surface area contributed by atoms with E-state index in [-0.39, 0.29) is 0 Å². The summed E-state index contributed by atoms with van der Waals surface area (Å²) >= 11 is 1.79. The van der Waals surface area contributed by atoms with Crippen LogP contribution in [0.3, 0.4) is 0 Å². The molecular formula is C13H13N3S. The summed E-state index contributed by atoms with van der Waals surface area (Å²) < 4.78 is 2.06. The molecule has 3 nitrogen and oxygen atoms in total. The van der Waals surface area contributed by atoms with Crippen LogP contribution in [0.1, 0.15) is 10.4 Å². The molecule has 0 radical (unpaired) electrons. The molecule has 0 amide bonds. The SMILES string of the molecule is Cc1ccsc1CNc1cccc2nccn12. The van der Waals surface area contributed by atoms with Gasteiger partial charge < -0.3 is 5.32 Å². The maximum atomic E-state index is 4.27. The van der Waals surface area contributed by atoms with Crippen LogP contribution in [0.4, 0.5) is 5.82 Å². The summed E-state index contributed by atoms with van der Waals surface area (Å²) in [5, 5.41) is 5.58. The van der Waals surface area contributed by atoms with Crippen molar-refractivity contribution in [3.8, 4) is 0 Å². The van der Waals surface area contributed by atoms with Gasteiger partial charge in [-0.2, -0.15) is 0 Å². The number of fused-ring (bicyclic) bond motifs is 1. The van der Waals surface area contributed by atoms with Crippen molar-refractivity contribution in [2.75, 3.05) is 5.32 Å². The highest BCUT2D eigenvalue weighted by Crippen LogP contribution is 2.18. The van der Waals surface area contributed by atoms with E-state index in [9.17, 15) is 0 Å². The number of hydrogen-bond acceptors (Lipinski definition) is 3. The summed E-state index contributed by atoms with van der Waals surface area (Å²) in [6, 6.07) is 8.24. The third kappa shape index (κ3) is 1.91. The first kappa shape index (κ1) is 10.4. The number of aryl methyl sites for hydroxylation is 1. The number of rotatable bonds is 3. The Hall–Kier alpha value is -1.81. The molecule has 17 heavy (non-hydrogen) atoms. The Balaban J connectivity index is 1.86. The zero-order chi connectivity index (χ0) is 11.7. The summed E-state index contributed by atoms with van der Waals surface area (Å²) in [5.41, 5.74) is 2.32. The summed E-state index contributed by atoms with van der Waals surface area (Å²) in [4.78, 5) is 5.64. The van der Waals surface area contributed by atoms with Crippen LogP contribution in [-0.4, -0.2) is 9.38 Å². The standard InChI is InChI=1S/C13H13N3S/c1-10-5-8-17-11(10)9-15-13-4-2-3-12-14-6-7-16(12)13/h2-8,15H,9H2,1H3. The summed E-state index contributed by atoms with van der Waals surface area (Å²) in [6.07, 6.45) is 3.79. The van der Waals surface area contributed by atoms with Gasteiger partial charge in [0.15, 0.2) is 0 Å². The first-order chi connectivity index (χ1) is 8.34. The minimum Gasteiger partial charge on any atom is -0.366 e. The van der Waals surface area contributed by atoms with Gasteiger partial charge in [-0.1, -0.05) is 6.07 Å². The van der Waals surface area contributed by atoms with Gasteiger partial charge in [0.05, 0.1) is 6.54 Å². The van der Waals surface area contributed by atoms with Crippen molar-refractivity contribution < 1.29 is 0 Å². The highest BCUT2D eigenvalue weighted by atomic mass is 32.1. The van der Waals surface area contributed by atoms with E-state index in [0.29, 0.717) is 0 Å². The van der Waals surface area contributed by atoms with Crippen LogP contribution in [0.25, 0.3) is 5.65 Å². The largest absolute Gasteiger partial charge is 0.366 e. The van der Waals surface area contributed by atoms with E-state index in [1.54, 1.807) is 11.3 Å². The Morgan fingerprint density at radius 3 is 3.12 bits per heavy atom. The van der Waals surface area contributed by atoms with Gasteiger partial charge in [0.2, 0.25) is 0 Å². The normalized spacial score (nSPS) is 10.9. The van der Waals surface area contributed by atoms with E-state index in [0.717, 1.165) is 18.0 Å². The van der Waals surface area contributed by atoms with Crippen LogP contribution >= 0.6 is 11.3 Å². The van der Waals surface area contributed by atoms with Gasteiger partial charge >= 0.3 is 0 Å². The molecule has 0 aliphatic carbocycles. The highest BCUT2D eigenvalue weighted by molar-refractivity contribution is 7.10. The first-order valence-corrected chi connectivity index (χ1v) is 6.41. The van der Waals surface area contributed by atoms with Gasteiger partial charge in [-0.3, -0.25) is 4.40 Å². The fourth-order valence-electron chi connectivity index (χ4n) is 1.85. The second kappa shape index (κ2) is 4.22. The molecule has 0 saturated carbocycles. The number of nitrogens with one attached hydrogen (secondary N) is 1. The smallest absolute Gasteiger partial charge is 0.138 e. The number of pyridine rings is 1. The summed E-state index contributed by atoms with van der Waals surface area (Å²) in [7, 11) is 0. The first-order valence-electron chi connectivity index (χ1n) is 5.53. The van der Waals surface area contributed by atoms with Crippen LogP contribution in [0, 0.1) is 6.92 Å². The average molecular weight is 243 g/mol. The molecule has 3 aromatic rings. The fourth-order valence-corrected chi connectivity index (χ4v) is 2.69. The number of imidazole rings is 1. The van der Waals surface area contributed by atoms with Gasteiger partial charge in [-0.15, -0.1) is 11.3 Å². The third-order valence-corrected chi connectivity index (χ3v) is 3.85.